The van der Waals surface area contributed by atoms with Gasteiger partial charge in [-0.3, -0.25) is 9.78 Å². The summed E-state index contributed by atoms with van der Waals surface area (Å²) in [6.07, 6.45) is -3.01. The number of hydrogen-bond donors (Lipinski definition) is 2. The van der Waals surface area contributed by atoms with Crippen molar-refractivity contribution in [2.24, 2.45) is 0 Å². The van der Waals surface area contributed by atoms with Crippen LogP contribution >= 0.6 is 0 Å². The van der Waals surface area contributed by atoms with Crippen LogP contribution in [0.1, 0.15) is 15.9 Å². The van der Waals surface area contributed by atoms with E-state index in [9.17, 15) is 18.0 Å². The Kier molecular flexibility index (Phi) is 5.10. The minimum atomic E-state index is -4.44. The van der Waals surface area contributed by atoms with Gasteiger partial charge in [-0.1, -0.05) is 36.4 Å². The standard InChI is InChI=1S/C23H16F3N3O/c24-23(25,26)15-10-11-17-20(12-13-27-21(17)14-15)29-19-9-5-4-8-18(19)22(30)28-16-6-2-1-3-7-16/h1-14H,(H,27,29)(H,28,30). The van der Waals surface area contributed by atoms with E-state index in [0.29, 0.717) is 28.0 Å². The molecule has 3 aromatic carbocycles. The third-order valence-corrected chi connectivity index (χ3v) is 4.54. The summed E-state index contributed by atoms with van der Waals surface area (Å²) in [6, 6.07) is 21.0. The maximum Gasteiger partial charge on any atom is 0.416 e. The maximum absolute atomic E-state index is 13.0. The van der Waals surface area contributed by atoms with Gasteiger partial charge in [-0.05, 0) is 42.5 Å². The number of alkyl halides is 3. The highest BCUT2D eigenvalue weighted by molar-refractivity contribution is 6.09. The lowest BCUT2D eigenvalue weighted by Gasteiger charge is -2.14. The molecule has 4 aromatic rings. The number of para-hydroxylation sites is 2. The Hall–Kier alpha value is -3.87. The number of rotatable bonds is 4. The Morgan fingerprint density at radius 3 is 2.33 bits per heavy atom. The third-order valence-electron chi connectivity index (χ3n) is 4.54. The van der Waals surface area contributed by atoms with Crippen LogP contribution in [0.25, 0.3) is 10.9 Å². The summed E-state index contributed by atoms with van der Waals surface area (Å²) in [5.74, 6) is -0.304. The Morgan fingerprint density at radius 2 is 1.57 bits per heavy atom. The van der Waals surface area contributed by atoms with Gasteiger partial charge in [0.05, 0.1) is 22.3 Å². The first-order chi connectivity index (χ1) is 14.4. The van der Waals surface area contributed by atoms with Crippen molar-refractivity contribution in [2.75, 3.05) is 10.6 Å². The van der Waals surface area contributed by atoms with Crippen LogP contribution in [0.3, 0.4) is 0 Å². The molecule has 4 nitrogen and oxygen atoms in total. The number of nitrogens with zero attached hydrogens (tertiary/aromatic N) is 1. The van der Waals surface area contributed by atoms with Crippen molar-refractivity contribution in [3.8, 4) is 0 Å². The monoisotopic (exact) mass is 407 g/mol. The smallest absolute Gasteiger partial charge is 0.354 e. The van der Waals surface area contributed by atoms with E-state index in [-0.39, 0.29) is 11.4 Å². The fourth-order valence-electron chi connectivity index (χ4n) is 3.09. The van der Waals surface area contributed by atoms with E-state index in [1.807, 2.05) is 18.2 Å². The molecule has 0 saturated carbocycles. The molecule has 0 bridgehead atoms. The molecule has 0 atom stereocenters. The van der Waals surface area contributed by atoms with Gasteiger partial charge in [-0.25, -0.2) is 0 Å². The first-order valence-corrected chi connectivity index (χ1v) is 9.10. The van der Waals surface area contributed by atoms with Crippen LogP contribution in [0.2, 0.25) is 0 Å². The lowest BCUT2D eigenvalue weighted by Crippen LogP contribution is -2.13. The number of halogens is 3. The van der Waals surface area contributed by atoms with Gasteiger partial charge in [0.15, 0.2) is 0 Å². The van der Waals surface area contributed by atoms with Crippen molar-refractivity contribution in [1.29, 1.82) is 0 Å². The molecule has 0 aliphatic rings. The number of anilines is 3. The summed E-state index contributed by atoms with van der Waals surface area (Å²) in [4.78, 5) is 16.8. The van der Waals surface area contributed by atoms with Gasteiger partial charge in [0.1, 0.15) is 0 Å². The van der Waals surface area contributed by atoms with Crippen molar-refractivity contribution < 1.29 is 18.0 Å². The van der Waals surface area contributed by atoms with E-state index in [0.717, 1.165) is 12.1 Å². The van der Waals surface area contributed by atoms with Crippen molar-refractivity contribution in [2.45, 2.75) is 6.18 Å². The Balaban J connectivity index is 1.67. The van der Waals surface area contributed by atoms with E-state index in [2.05, 4.69) is 15.6 Å². The second-order valence-corrected chi connectivity index (χ2v) is 6.58. The van der Waals surface area contributed by atoms with E-state index < -0.39 is 11.7 Å². The average molecular weight is 407 g/mol. The van der Waals surface area contributed by atoms with Gasteiger partial charge >= 0.3 is 6.18 Å². The second-order valence-electron chi connectivity index (χ2n) is 6.58. The first-order valence-electron chi connectivity index (χ1n) is 9.10. The molecule has 1 heterocycles. The molecular formula is C23H16F3N3O. The van der Waals surface area contributed by atoms with Gasteiger partial charge in [0.25, 0.3) is 5.91 Å². The molecule has 0 unspecified atom stereocenters. The number of pyridine rings is 1. The van der Waals surface area contributed by atoms with Crippen LogP contribution in [0.15, 0.2) is 85.1 Å². The highest BCUT2D eigenvalue weighted by Crippen LogP contribution is 2.33. The molecule has 7 heteroatoms. The van der Waals surface area contributed by atoms with E-state index in [1.165, 1.54) is 12.3 Å². The summed E-state index contributed by atoms with van der Waals surface area (Å²) in [5, 5.41) is 6.51. The molecule has 0 aliphatic heterocycles. The Morgan fingerprint density at radius 1 is 0.833 bits per heavy atom. The van der Waals surface area contributed by atoms with Crippen LogP contribution < -0.4 is 10.6 Å². The Labute approximate surface area is 170 Å². The van der Waals surface area contributed by atoms with E-state index >= 15 is 0 Å². The number of benzene rings is 3. The van der Waals surface area contributed by atoms with Crippen molar-refractivity contribution in [3.05, 3.63) is 96.2 Å². The molecule has 0 fully saturated rings. The predicted octanol–water partition coefficient (Wildman–Crippen LogP) is 6.25. The topological polar surface area (TPSA) is 54.0 Å². The molecule has 1 aromatic heterocycles. The van der Waals surface area contributed by atoms with Crippen LogP contribution in [0.4, 0.5) is 30.2 Å². The van der Waals surface area contributed by atoms with Gasteiger partial charge in [0.2, 0.25) is 0 Å². The number of amides is 1. The lowest BCUT2D eigenvalue weighted by atomic mass is 10.1. The van der Waals surface area contributed by atoms with Crippen molar-refractivity contribution in [1.82, 2.24) is 4.98 Å². The van der Waals surface area contributed by atoms with Crippen molar-refractivity contribution >= 4 is 33.9 Å². The fraction of sp³-hybridized carbons (Fsp3) is 0.0435. The zero-order valence-corrected chi connectivity index (χ0v) is 15.6. The molecule has 0 aliphatic carbocycles. The average Bonchev–Trinajstić information content (AvgIpc) is 2.74. The van der Waals surface area contributed by atoms with Crippen LogP contribution in [-0.4, -0.2) is 10.9 Å². The molecule has 1 amide bonds. The molecule has 0 radical (unpaired) electrons. The summed E-state index contributed by atoms with van der Waals surface area (Å²) >= 11 is 0. The number of hydrogen-bond acceptors (Lipinski definition) is 3. The molecule has 4 rings (SSSR count). The minimum Gasteiger partial charge on any atom is -0.354 e. The number of fused-ring (bicyclic) bond motifs is 1. The summed E-state index contributed by atoms with van der Waals surface area (Å²) < 4.78 is 39.0. The van der Waals surface area contributed by atoms with Crippen molar-refractivity contribution in [3.63, 3.8) is 0 Å². The molecule has 30 heavy (non-hydrogen) atoms. The predicted molar refractivity (Wildman–Crippen MR) is 111 cm³/mol. The quantitative estimate of drug-likeness (QED) is 0.420. The van der Waals surface area contributed by atoms with Gasteiger partial charge < -0.3 is 10.6 Å². The number of carbonyl (C=O) groups is 1. The van der Waals surface area contributed by atoms with Crippen LogP contribution in [0, 0.1) is 0 Å². The SMILES string of the molecule is O=C(Nc1ccccc1)c1ccccc1Nc1ccnc2cc(C(F)(F)F)ccc12. The summed E-state index contributed by atoms with van der Waals surface area (Å²) in [6.45, 7) is 0. The second kappa shape index (κ2) is 7.87. The Bertz CT molecular complexity index is 1210. The molecule has 150 valence electrons. The highest BCUT2D eigenvalue weighted by atomic mass is 19.4. The largest absolute Gasteiger partial charge is 0.416 e. The zero-order chi connectivity index (χ0) is 21.1. The fourth-order valence-corrected chi connectivity index (χ4v) is 3.09. The molecule has 0 spiro atoms. The summed E-state index contributed by atoms with van der Waals surface area (Å²) in [7, 11) is 0. The van der Waals surface area contributed by atoms with Gasteiger partial charge in [0, 0.05) is 23.0 Å². The van der Waals surface area contributed by atoms with Gasteiger partial charge in [-0.15, -0.1) is 0 Å². The van der Waals surface area contributed by atoms with E-state index in [1.54, 1.807) is 42.5 Å². The molecule has 2 N–H and O–H groups in total. The molecule has 0 saturated heterocycles. The number of carbonyl (C=O) groups excluding carboxylic acids is 1. The first kappa shape index (κ1) is 19.4. The summed E-state index contributed by atoms with van der Waals surface area (Å²) in [5.41, 5.74) is 1.58. The van der Waals surface area contributed by atoms with Crippen LogP contribution in [0.5, 0.6) is 0 Å². The number of aromatic nitrogens is 1. The number of nitrogens with one attached hydrogen (secondary N) is 2. The highest BCUT2D eigenvalue weighted by Gasteiger charge is 2.30. The maximum atomic E-state index is 13.0. The minimum absolute atomic E-state index is 0.209. The third kappa shape index (κ3) is 4.10. The van der Waals surface area contributed by atoms with E-state index in [4.69, 9.17) is 0 Å². The van der Waals surface area contributed by atoms with Gasteiger partial charge in [-0.2, -0.15) is 13.2 Å². The lowest BCUT2D eigenvalue weighted by molar-refractivity contribution is -0.137. The van der Waals surface area contributed by atoms with Crippen LogP contribution in [-0.2, 0) is 6.18 Å². The normalized spacial score (nSPS) is 11.3. The molecular weight excluding hydrogens is 391 g/mol. The zero-order valence-electron chi connectivity index (χ0n) is 15.6.